The lowest BCUT2D eigenvalue weighted by Gasteiger charge is -2.44. The van der Waals surface area contributed by atoms with Crippen LogP contribution in [0.25, 0.3) is 5.52 Å². The number of imidazole rings is 1. The van der Waals surface area contributed by atoms with Gasteiger partial charge < -0.3 is 4.90 Å². The van der Waals surface area contributed by atoms with E-state index in [1.54, 1.807) is 11.8 Å². The zero-order valence-electron chi connectivity index (χ0n) is 14.3. The minimum absolute atomic E-state index is 0.102. The Morgan fingerprint density at radius 2 is 1.88 bits per heavy atom. The van der Waals surface area contributed by atoms with Gasteiger partial charge in [0.2, 0.25) is 0 Å². The Labute approximate surface area is 147 Å². The van der Waals surface area contributed by atoms with Crippen molar-refractivity contribution in [1.29, 1.82) is 0 Å². The fourth-order valence-electron chi connectivity index (χ4n) is 4.45. The molecule has 0 bridgehead atoms. The summed E-state index contributed by atoms with van der Waals surface area (Å²) >= 11 is 1.58. The van der Waals surface area contributed by atoms with Crippen LogP contribution in [-0.4, -0.2) is 39.5 Å². The van der Waals surface area contributed by atoms with Gasteiger partial charge in [0.25, 0.3) is 5.91 Å². The van der Waals surface area contributed by atoms with Crippen LogP contribution in [0.4, 0.5) is 0 Å². The van der Waals surface area contributed by atoms with E-state index in [1.165, 1.54) is 44.9 Å². The molecule has 2 fully saturated rings. The van der Waals surface area contributed by atoms with Crippen molar-refractivity contribution in [2.24, 2.45) is 5.41 Å². The molecule has 4 rings (SSSR count). The maximum absolute atomic E-state index is 13.1. The maximum Gasteiger partial charge on any atom is 0.274 e. The van der Waals surface area contributed by atoms with Crippen LogP contribution in [-0.2, 0) is 0 Å². The number of piperidine rings is 1. The van der Waals surface area contributed by atoms with Crippen molar-refractivity contribution >= 4 is 23.2 Å². The van der Waals surface area contributed by atoms with Gasteiger partial charge in [-0.1, -0.05) is 37.1 Å². The summed E-state index contributed by atoms with van der Waals surface area (Å²) in [5.41, 5.74) is 2.06. The van der Waals surface area contributed by atoms with Gasteiger partial charge in [-0.15, -0.1) is 0 Å². The summed E-state index contributed by atoms with van der Waals surface area (Å²) in [4.78, 5) is 19.7. The van der Waals surface area contributed by atoms with Crippen LogP contribution >= 0.6 is 11.8 Å². The number of pyridine rings is 1. The minimum atomic E-state index is 0.102. The van der Waals surface area contributed by atoms with Crippen LogP contribution in [0.15, 0.2) is 29.6 Å². The monoisotopic (exact) mass is 343 g/mol. The van der Waals surface area contributed by atoms with Crippen molar-refractivity contribution in [3.8, 4) is 0 Å². The SMILES string of the molecule is CSc1nc(C(=O)N2CCC3(CCCCC3)CC2)c2ccccn12. The molecule has 0 N–H and O–H groups in total. The Morgan fingerprint density at radius 3 is 2.58 bits per heavy atom. The normalized spacial score (nSPS) is 20.6. The van der Waals surface area contributed by atoms with E-state index in [-0.39, 0.29) is 5.91 Å². The van der Waals surface area contributed by atoms with Crippen molar-refractivity contribution in [2.45, 2.75) is 50.1 Å². The van der Waals surface area contributed by atoms with E-state index in [9.17, 15) is 4.79 Å². The molecular weight excluding hydrogens is 318 g/mol. The summed E-state index contributed by atoms with van der Waals surface area (Å²) in [6.45, 7) is 1.78. The van der Waals surface area contributed by atoms with E-state index >= 15 is 0 Å². The molecule has 2 aliphatic rings. The van der Waals surface area contributed by atoms with Gasteiger partial charge in [-0.05, 0) is 49.5 Å². The van der Waals surface area contributed by atoms with Crippen molar-refractivity contribution in [3.05, 3.63) is 30.1 Å². The number of hydrogen-bond donors (Lipinski definition) is 0. The molecule has 1 aliphatic carbocycles. The number of hydrogen-bond acceptors (Lipinski definition) is 3. The van der Waals surface area contributed by atoms with E-state index in [1.807, 2.05) is 40.0 Å². The average Bonchev–Trinajstić information content (AvgIpc) is 3.01. The summed E-state index contributed by atoms with van der Waals surface area (Å²) in [5.74, 6) is 0.102. The first-order valence-electron chi connectivity index (χ1n) is 9.03. The number of aromatic nitrogens is 2. The van der Waals surface area contributed by atoms with Gasteiger partial charge in [0.05, 0.1) is 5.52 Å². The minimum Gasteiger partial charge on any atom is -0.337 e. The summed E-state index contributed by atoms with van der Waals surface area (Å²) in [7, 11) is 0. The van der Waals surface area contributed by atoms with Crippen molar-refractivity contribution in [1.82, 2.24) is 14.3 Å². The first-order chi connectivity index (χ1) is 11.7. The Kier molecular flexibility index (Phi) is 4.29. The average molecular weight is 343 g/mol. The first-order valence-corrected chi connectivity index (χ1v) is 10.3. The van der Waals surface area contributed by atoms with Crippen LogP contribution in [0.5, 0.6) is 0 Å². The summed E-state index contributed by atoms with van der Waals surface area (Å²) in [5, 5.41) is 0.884. The molecular formula is C19H25N3OS. The highest BCUT2D eigenvalue weighted by atomic mass is 32.2. The first kappa shape index (κ1) is 16.0. The zero-order valence-corrected chi connectivity index (χ0v) is 15.1. The predicted molar refractivity (Wildman–Crippen MR) is 97.6 cm³/mol. The molecule has 1 amide bonds. The molecule has 3 heterocycles. The lowest BCUT2D eigenvalue weighted by atomic mass is 9.68. The lowest BCUT2D eigenvalue weighted by Crippen LogP contribution is -2.44. The number of nitrogens with zero attached hydrogens (tertiary/aromatic N) is 3. The number of fused-ring (bicyclic) bond motifs is 1. The van der Waals surface area contributed by atoms with Crippen LogP contribution in [0.3, 0.4) is 0 Å². The third-order valence-corrected chi connectivity index (χ3v) is 6.58. The molecule has 2 aromatic heterocycles. The van der Waals surface area contributed by atoms with Gasteiger partial charge >= 0.3 is 0 Å². The molecule has 0 radical (unpaired) electrons. The smallest absolute Gasteiger partial charge is 0.274 e. The number of thioether (sulfide) groups is 1. The zero-order chi connectivity index (χ0) is 16.6. The number of carbonyl (C=O) groups is 1. The number of amides is 1. The molecule has 1 saturated carbocycles. The molecule has 0 unspecified atom stereocenters. The Balaban J connectivity index is 1.55. The van der Waals surface area contributed by atoms with Crippen molar-refractivity contribution in [3.63, 3.8) is 0 Å². The second-order valence-electron chi connectivity index (χ2n) is 7.26. The lowest BCUT2D eigenvalue weighted by molar-refractivity contribution is 0.0469. The van der Waals surface area contributed by atoms with Crippen LogP contribution in [0.2, 0.25) is 0 Å². The van der Waals surface area contributed by atoms with E-state index < -0.39 is 0 Å². The molecule has 0 aromatic carbocycles. The molecule has 1 aliphatic heterocycles. The van der Waals surface area contributed by atoms with Crippen molar-refractivity contribution in [2.75, 3.05) is 19.3 Å². The molecule has 5 heteroatoms. The van der Waals surface area contributed by atoms with Crippen LogP contribution in [0.1, 0.15) is 55.4 Å². The predicted octanol–water partition coefficient (Wildman–Crippen LogP) is 4.24. The van der Waals surface area contributed by atoms with Gasteiger partial charge in [-0.2, -0.15) is 0 Å². The number of likely N-dealkylation sites (tertiary alicyclic amines) is 1. The molecule has 1 saturated heterocycles. The summed E-state index contributed by atoms with van der Waals surface area (Å²) in [6, 6.07) is 5.95. The van der Waals surface area contributed by atoms with Gasteiger partial charge in [-0.3, -0.25) is 9.20 Å². The molecule has 0 atom stereocenters. The fourth-order valence-corrected chi connectivity index (χ4v) is 4.99. The quantitative estimate of drug-likeness (QED) is 0.765. The highest BCUT2D eigenvalue weighted by molar-refractivity contribution is 7.98. The van der Waals surface area contributed by atoms with Gasteiger partial charge in [0.15, 0.2) is 10.9 Å². The molecule has 1 spiro atoms. The topological polar surface area (TPSA) is 37.6 Å². The maximum atomic E-state index is 13.1. The summed E-state index contributed by atoms with van der Waals surface area (Å²) in [6.07, 6.45) is 13.2. The standard InChI is InChI=1S/C19H25N3OS/c1-24-18-20-16(15-7-3-6-12-22(15)18)17(23)21-13-10-19(11-14-21)8-4-2-5-9-19/h3,6-7,12H,2,4-5,8-11,13-14H2,1H3. The van der Waals surface area contributed by atoms with Gasteiger partial charge in [0, 0.05) is 19.3 Å². The highest BCUT2D eigenvalue weighted by Crippen LogP contribution is 2.44. The van der Waals surface area contributed by atoms with E-state index in [2.05, 4.69) is 4.98 Å². The van der Waals surface area contributed by atoms with Crippen LogP contribution < -0.4 is 0 Å². The Morgan fingerprint density at radius 1 is 1.12 bits per heavy atom. The Hall–Kier alpha value is -1.49. The van der Waals surface area contributed by atoms with Gasteiger partial charge in [-0.25, -0.2) is 4.98 Å². The molecule has 128 valence electrons. The molecule has 4 nitrogen and oxygen atoms in total. The van der Waals surface area contributed by atoms with E-state index in [0.29, 0.717) is 11.1 Å². The fraction of sp³-hybridized carbons (Fsp3) is 0.579. The highest BCUT2D eigenvalue weighted by Gasteiger charge is 2.37. The molecule has 24 heavy (non-hydrogen) atoms. The number of rotatable bonds is 2. The second-order valence-corrected chi connectivity index (χ2v) is 8.03. The van der Waals surface area contributed by atoms with Gasteiger partial charge in [0.1, 0.15) is 0 Å². The van der Waals surface area contributed by atoms with Crippen LogP contribution in [0, 0.1) is 5.41 Å². The number of carbonyl (C=O) groups excluding carboxylic acids is 1. The third-order valence-electron chi connectivity index (χ3n) is 5.93. The van der Waals surface area contributed by atoms with E-state index in [4.69, 9.17) is 0 Å². The second kappa shape index (κ2) is 6.43. The summed E-state index contributed by atoms with van der Waals surface area (Å²) < 4.78 is 2.02. The van der Waals surface area contributed by atoms with Crippen molar-refractivity contribution < 1.29 is 4.79 Å². The molecule has 2 aromatic rings. The largest absolute Gasteiger partial charge is 0.337 e. The van der Waals surface area contributed by atoms with E-state index in [0.717, 1.165) is 23.8 Å². The Bertz CT molecular complexity index is 738. The third kappa shape index (κ3) is 2.73.